The van der Waals surface area contributed by atoms with E-state index in [2.05, 4.69) is 18.1 Å². The topological polar surface area (TPSA) is 167 Å². The number of carbonyl (C=O) groups is 4. The van der Waals surface area contributed by atoms with Crippen molar-refractivity contribution in [3.63, 3.8) is 0 Å². The molecule has 0 radical (unpaired) electrons. The molecule has 13 nitrogen and oxygen atoms in total. The Bertz CT molecular complexity index is 2230. The molecule has 0 aliphatic heterocycles. The summed E-state index contributed by atoms with van der Waals surface area (Å²) in [6, 6.07) is 21.3. The van der Waals surface area contributed by atoms with Crippen LogP contribution in [0.25, 0.3) is 22.4 Å². The number of halogens is 1. The van der Waals surface area contributed by atoms with Gasteiger partial charge in [0.2, 0.25) is 5.89 Å². The van der Waals surface area contributed by atoms with Gasteiger partial charge in [-0.15, -0.1) is 0 Å². The molecule has 5 rings (SSSR count). The molecule has 0 bridgehead atoms. The lowest BCUT2D eigenvalue weighted by Gasteiger charge is -2.10. The van der Waals surface area contributed by atoms with E-state index in [1.807, 2.05) is 0 Å². The zero-order valence-corrected chi connectivity index (χ0v) is 29.4. The van der Waals surface area contributed by atoms with Crippen molar-refractivity contribution in [2.75, 3.05) is 26.4 Å². The van der Waals surface area contributed by atoms with Crippen LogP contribution in [-0.2, 0) is 19.1 Å². The van der Waals surface area contributed by atoms with Crippen LogP contribution in [0.5, 0.6) is 23.0 Å². The van der Waals surface area contributed by atoms with Gasteiger partial charge in [0.1, 0.15) is 23.0 Å². The van der Waals surface area contributed by atoms with Crippen molar-refractivity contribution in [3.8, 4) is 34.5 Å². The third-order valence-electron chi connectivity index (χ3n) is 7.31. The van der Waals surface area contributed by atoms with Crippen molar-refractivity contribution >= 4 is 46.4 Å². The third kappa shape index (κ3) is 10.7. The van der Waals surface area contributed by atoms with Crippen LogP contribution in [0, 0.1) is 0 Å². The Morgan fingerprint density at radius 3 is 1.74 bits per heavy atom. The average molecular weight is 754 g/mol. The Hall–Kier alpha value is -6.73. The molecule has 0 unspecified atom stereocenters. The van der Waals surface area contributed by atoms with E-state index in [1.165, 1.54) is 60.7 Å². The maximum atomic E-state index is 13.0. The number of esters is 4. The Labute approximate surface area is 313 Å². The average Bonchev–Trinajstić information content (AvgIpc) is 3.18. The van der Waals surface area contributed by atoms with E-state index >= 15 is 0 Å². The molecule has 4 aromatic carbocycles. The minimum absolute atomic E-state index is 0.0356. The van der Waals surface area contributed by atoms with Crippen molar-refractivity contribution in [2.24, 2.45) is 0 Å². The third-order valence-corrected chi connectivity index (χ3v) is 7.60. The van der Waals surface area contributed by atoms with Crippen LogP contribution in [0.2, 0.25) is 5.02 Å². The number of nitrogens with zero attached hydrogens (tertiary/aromatic N) is 1. The number of aromatic nitrogens is 1. The number of rotatable bonds is 17. The van der Waals surface area contributed by atoms with Crippen LogP contribution >= 0.6 is 11.6 Å². The fourth-order valence-corrected chi connectivity index (χ4v) is 4.83. The lowest BCUT2D eigenvalue weighted by molar-refractivity contribution is -0.138. The van der Waals surface area contributed by atoms with E-state index in [1.54, 1.807) is 24.3 Å². The van der Waals surface area contributed by atoms with Gasteiger partial charge in [-0.3, -0.25) is 0 Å². The van der Waals surface area contributed by atoms with Gasteiger partial charge < -0.3 is 32.8 Å². The number of fused-ring (bicyclic) bond motifs is 1. The first-order valence-electron chi connectivity index (χ1n) is 16.4. The fraction of sp³-hybridized carbons (Fsp3) is 0.150. The summed E-state index contributed by atoms with van der Waals surface area (Å²) < 4.78 is 37.3. The highest BCUT2D eigenvalue weighted by molar-refractivity contribution is 6.32. The summed E-state index contributed by atoms with van der Waals surface area (Å²) in [6.45, 7) is 7.63. The van der Waals surface area contributed by atoms with Crippen LogP contribution < -0.4 is 24.6 Å². The normalized spacial score (nSPS) is 10.5. The Balaban J connectivity index is 1.16. The molecule has 0 amide bonds. The molecule has 14 heteroatoms. The van der Waals surface area contributed by atoms with Crippen LogP contribution in [0.3, 0.4) is 0 Å². The molecule has 1 aromatic heterocycles. The number of benzene rings is 4. The molecular weight excluding hydrogens is 722 g/mol. The molecule has 0 aliphatic rings. The fourth-order valence-electron chi connectivity index (χ4n) is 4.62. The first-order chi connectivity index (χ1) is 26.1. The van der Waals surface area contributed by atoms with Gasteiger partial charge in [0.25, 0.3) is 0 Å². The van der Waals surface area contributed by atoms with Crippen LogP contribution in [-0.4, -0.2) is 55.3 Å². The summed E-state index contributed by atoms with van der Waals surface area (Å²) in [5.41, 5.74) is 0.380. The SMILES string of the molecule is C=CC(=O)OCCCOc1ccc(C(=O)Oc2ccc3nc(-c4ccc(OC(=O)c5ccc(OCCCOC(=O)C=C)cc5)c(Cl)c4)oc(=O)c3c2)cc1. The lowest BCUT2D eigenvalue weighted by atomic mass is 10.2. The summed E-state index contributed by atoms with van der Waals surface area (Å²) in [5.74, 6) is -1.18. The number of ether oxygens (including phenoxy) is 6. The van der Waals surface area contributed by atoms with Crippen molar-refractivity contribution in [3.05, 3.63) is 137 Å². The summed E-state index contributed by atoms with van der Waals surface area (Å²) in [6.07, 6.45) is 3.12. The molecule has 276 valence electrons. The van der Waals surface area contributed by atoms with Gasteiger partial charge in [0, 0.05) is 30.6 Å². The van der Waals surface area contributed by atoms with Gasteiger partial charge in [0.15, 0.2) is 0 Å². The van der Waals surface area contributed by atoms with Crippen molar-refractivity contribution in [1.82, 2.24) is 4.98 Å². The maximum absolute atomic E-state index is 13.0. The van der Waals surface area contributed by atoms with E-state index in [9.17, 15) is 24.0 Å². The molecule has 0 N–H and O–H groups in total. The van der Waals surface area contributed by atoms with Crippen LogP contribution in [0.4, 0.5) is 0 Å². The van der Waals surface area contributed by atoms with Crippen LogP contribution in [0.15, 0.2) is 119 Å². The minimum atomic E-state index is -0.733. The number of hydrogen-bond donors (Lipinski definition) is 0. The predicted octanol–water partition coefficient (Wildman–Crippen LogP) is 6.94. The zero-order valence-electron chi connectivity index (χ0n) is 28.6. The summed E-state index contributed by atoms with van der Waals surface area (Å²) in [7, 11) is 0. The quantitative estimate of drug-likeness (QED) is 0.0415. The van der Waals surface area contributed by atoms with Gasteiger partial charge in [-0.1, -0.05) is 24.8 Å². The molecule has 0 spiro atoms. The Morgan fingerprint density at radius 2 is 1.20 bits per heavy atom. The number of carbonyl (C=O) groups excluding carboxylic acids is 4. The Morgan fingerprint density at radius 1 is 0.667 bits per heavy atom. The van der Waals surface area contributed by atoms with E-state index in [4.69, 9.17) is 44.4 Å². The van der Waals surface area contributed by atoms with E-state index in [0.29, 0.717) is 43.1 Å². The largest absolute Gasteiger partial charge is 0.493 e. The minimum Gasteiger partial charge on any atom is -0.493 e. The van der Waals surface area contributed by atoms with E-state index < -0.39 is 29.5 Å². The summed E-state index contributed by atoms with van der Waals surface area (Å²) in [4.78, 5) is 65.1. The Kier molecular flexibility index (Phi) is 13.3. The van der Waals surface area contributed by atoms with Crippen molar-refractivity contribution in [2.45, 2.75) is 12.8 Å². The van der Waals surface area contributed by atoms with Crippen molar-refractivity contribution in [1.29, 1.82) is 0 Å². The van der Waals surface area contributed by atoms with Gasteiger partial charge in [0.05, 0.1) is 53.5 Å². The maximum Gasteiger partial charge on any atom is 0.347 e. The highest BCUT2D eigenvalue weighted by atomic mass is 35.5. The molecule has 0 fully saturated rings. The molecule has 5 aromatic rings. The van der Waals surface area contributed by atoms with Crippen molar-refractivity contribution < 1.29 is 52.0 Å². The monoisotopic (exact) mass is 753 g/mol. The predicted molar refractivity (Wildman–Crippen MR) is 196 cm³/mol. The highest BCUT2D eigenvalue weighted by Crippen LogP contribution is 2.31. The van der Waals surface area contributed by atoms with Gasteiger partial charge in [-0.2, -0.15) is 0 Å². The zero-order chi connectivity index (χ0) is 38.5. The van der Waals surface area contributed by atoms with Gasteiger partial charge in [-0.05, 0) is 84.9 Å². The number of hydrogen-bond acceptors (Lipinski definition) is 13. The second kappa shape index (κ2) is 18.7. The lowest BCUT2D eigenvalue weighted by Crippen LogP contribution is -2.10. The smallest absolute Gasteiger partial charge is 0.347 e. The second-order valence-electron chi connectivity index (χ2n) is 11.1. The second-order valence-corrected chi connectivity index (χ2v) is 11.5. The van der Waals surface area contributed by atoms with E-state index in [0.717, 1.165) is 12.2 Å². The molecular formula is C40H32ClNO12. The van der Waals surface area contributed by atoms with Gasteiger partial charge in [-0.25, -0.2) is 29.0 Å². The molecule has 0 aliphatic carbocycles. The summed E-state index contributed by atoms with van der Waals surface area (Å²) >= 11 is 6.43. The summed E-state index contributed by atoms with van der Waals surface area (Å²) in [5, 5.41) is 0.143. The van der Waals surface area contributed by atoms with E-state index in [-0.39, 0.29) is 57.7 Å². The first kappa shape index (κ1) is 38.5. The first-order valence-corrected chi connectivity index (χ1v) is 16.7. The highest BCUT2D eigenvalue weighted by Gasteiger charge is 2.16. The molecule has 54 heavy (non-hydrogen) atoms. The molecule has 0 saturated heterocycles. The van der Waals surface area contributed by atoms with Gasteiger partial charge >= 0.3 is 29.5 Å². The molecule has 0 atom stereocenters. The van der Waals surface area contributed by atoms with Crippen LogP contribution in [0.1, 0.15) is 33.6 Å². The molecule has 1 heterocycles. The standard InChI is InChI=1S/C40H32ClNO12/c1-3-35(43)50-21-5-19-48-28-12-7-25(8-13-28)38(45)52-30-16-17-33-31(24-30)40(47)54-37(42-33)27-11-18-34(32(41)23-27)53-39(46)26-9-14-29(15-10-26)49-20-6-22-51-36(44)4-2/h3-4,7-18,23-24H,1-2,5-6,19-22H2. The molecule has 0 saturated carbocycles.